The molecule has 4 atom stereocenters. The molecule has 12 heteroatoms. The lowest BCUT2D eigenvalue weighted by Gasteiger charge is -2.42. The standard InChI is InChI=1S/C17H22FN3O3.C2HF3O2/c1-9-6-10(18)2-3-11(9)16-17(24)20-4-5-21(16)15(23)7-12-13(19)8-14(12)22;3-2(4,5)1(6)7/h2-3,6,12-14,16,22H,4-5,7-8,19H2,1H3,(H,20,24);(H,6,7)/t12-,13+,14-,16?;/m1./s1. The molecule has 1 saturated carbocycles. The van der Waals surface area contributed by atoms with E-state index >= 15 is 0 Å². The maximum atomic E-state index is 13.4. The smallest absolute Gasteiger partial charge is 0.475 e. The van der Waals surface area contributed by atoms with Crippen LogP contribution in [-0.2, 0) is 14.4 Å². The van der Waals surface area contributed by atoms with Crippen molar-refractivity contribution in [3.8, 4) is 0 Å². The zero-order valence-corrected chi connectivity index (χ0v) is 16.5. The molecule has 0 radical (unpaired) electrons. The first kappa shape index (κ1) is 24.5. The van der Waals surface area contributed by atoms with Gasteiger partial charge >= 0.3 is 12.1 Å². The van der Waals surface area contributed by atoms with E-state index in [-0.39, 0.29) is 36.0 Å². The fourth-order valence-electron chi connectivity index (χ4n) is 3.51. The first-order chi connectivity index (χ1) is 14.3. The van der Waals surface area contributed by atoms with Gasteiger partial charge in [-0.05, 0) is 36.6 Å². The van der Waals surface area contributed by atoms with Crippen LogP contribution in [0.2, 0.25) is 0 Å². The molecule has 1 unspecified atom stereocenters. The first-order valence-corrected chi connectivity index (χ1v) is 9.40. The predicted molar refractivity (Wildman–Crippen MR) is 99.0 cm³/mol. The number of aliphatic carboxylic acids is 1. The van der Waals surface area contributed by atoms with Crippen molar-refractivity contribution in [2.75, 3.05) is 13.1 Å². The number of alkyl halides is 3. The summed E-state index contributed by atoms with van der Waals surface area (Å²) in [7, 11) is 0. The van der Waals surface area contributed by atoms with Crippen molar-refractivity contribution in [3.63, 3.8) is 0 Å². The van der Waals surface area contributed by atoms with Gasteiger partial charge in [-0.1, -0.05) is 6.07 Å². The third-order valence-corrected chi connectivity index (χ3v) is 5.27. The Hall–Kier alpha value is -2.73. The summed E-state index contributed by atoms with van der Waals surface area (Å²) in [6.07, 6.45) is -5.03. The van der Waals surface area contributed by atoms with Gasteiger partial charge < -0.3 is 26.2 Å². The molecule has 1 saturated heterocycles. The van der Waals surface area contributed by atoms with Crippen molar-refractivity contribution in [1.29, 1.82) is 0 Å². The second-order valence-corrected chi connectivity index (χ2v) is 7.42. The maximum absolute atomic E-state index is 13.4. The van der Waals surface area contributed by atoms with Gasteiger partial charge in [-0.2, -0.15) is 13.2 Å². The van der Waals surface area contributed by atoms with E-state index < -0.39 is 24.3 Å². The lowest BCUT2D eigenvalue weighted by molar-refractivity contribution is -0.192. The van der Waals surface area contributed by atoms with E-state index in [1.54, 1.807) is 13.0 Å². The fourth-order valence-corrected chi connectivity index (χ4v) is 3.51. The normalized spacial score (nSPS) is 25.6. The molecule has 0 bridgehead atoms. The Kier molecular flexibility index (Phi) is 7.60. The Morgan fingerprint density at radius 2 is 1.94 bits per heavy atom. The van der Waals surface area contributed by atoms with E-state index in [1.807, 2.05) is 0 Å². The highest BCUT2D eigenvalue weighted by Crippen LogP contribution is 2.33. The summed E-state index contributed by atoms with van der Waals surface area (Å²) >= 11 is 0. The third-order valence-electron chi connectivity index (χ3n) is 5.27. The number of aliphatic hydroxyl groups is 1. The number of benzene rings is 1. The number of rotatable bonds is 3. The summed E-state index contributed by atoms with van der Waals surface area (Å²) in [4.78, 5) is 35.5. The number of carbonyl (C=O) groups is 3. The number of carboxylic acid groups (broad SMARTS) is 1. The van der Waals surface area contributed by atoms with E-state index in [0.717, 1.165) is 0 Å². The van der Waals surface area contributed by atoms with Crippen LogP contribution < -0.4 is 11.1 Å². The molecule has 3 rings (SSSR count). The molecule has 0 aromatic heterocycles. The van der Waals surface area contributed by atoms with Gasteiger partial charge in [0.15, 0.2) is 0 Å². The van der Waals surface area contributed by atoms with Crippen molar-refractivity contribution in [2.24, 2.45) is 11.7 Å². The van der Waals surface area contributed by atoms with Gasteiger partial charge in [0.2, 0.25) is 11.8 Å². The number of aryl methyl sites for hydroxylation is 1. The highest BCUT2D eigenvalue weighted by molar-refractivity contribution is 5.90. The lowest BCUT2D eigenvalue weighted by atomic mass is 9.75. The Bertz CT molecular complexity index is 840. The summed E-state index contributed by atoms with van der Waals surface area (Å²) in [5.41, 5.74) is 7.09. The zero-order valence-electron chi connectivity index (χ0n) is 16.5. The number of halogens is 4. The number of nitrogens with two attached hydrogens (primary N) is 1. The molecule has 1 aliphatic carbocycles. The lowest BCUT2D eigenvalue weighted by Crippen LogP contribution is -2.56. The minimum Gasteiger partial charge on any atom is -0.475 e. The number of amides is 2. The molecular formula is C19H23F4N3O5. The molecule has 172 valence electrons. The van der Waals surface area contributed by atoms with Crippen LogP contribution in [0.4, 0.5) is 17.6 Å². The van der Waals surface area contributed by atoms with Gasteiger partial charge in [-0.25, -0.2) is 9.18 Å². The Labute approximate surface area is 175 Å². The molecule has 5 N–H and O–H groups in total. The van der Waals surface area contributed by atoms with Gasteiger partial charge in [-0.3, -0.25) is 9.59 Å². The van der Waals surface area contributed by atoms with E-state index in [2.05, 4.69) is 5.32 Å². The van der Waals surface area contributed by atoms with Gasteiger partial charge in [0.05, 0.1) is 6.10 Å². The van der Waals surface area contributed by atoms with Gasteiger partial charge in [0, 0.05) is 31.5 Å². The van der Waals surface area contributed by atoms with Crippen molar-refractivity contribution >= 4 is 17.8 Å². The van der Waals surface area contributed by atoms with Crippen LogP contribution in [-0.4, -0.2) is 64.3 Å². The number of carbonyl (C=O) groups excluding carboxylic acids is 2. The summed E-state index contributed by atoms with van der Waals surface area (Å²) in [6, 6.07) is 3.22. The molecule has 1 aromatic carbocycles. The molecule has 2 amide bonds. The number of piperazine rings is 1. The molecule has 2 fully saturated rings. The number of carboxylic acids is 1. The number of nitrogens with one attached hydrogen (secondary N) is 1. The average Bonchev–Trinajstić information content (AvgIpc) is 2.66. The van der Waals surface area contributed by atoms with Crippen LogP contribution in [0.25, 0.3) is 0 Å². The van der Waals surface area contributed by atoms with E-state index in [9.17, 15) is 32.3 Å². The Morgan fingerprint density at radius 3 is 2.42 bits per heavy atom. The summed E-state index contributed by atoms with van der Waals surface area (Å²) in [5.74, 6) is -3.89. The SMILES string of the molecule is Cc1cc(F)ccc1C1C(=O)NCCN1C(=O)C[C@H]1[C@H](O)C[C@@H]1N.O=C(O)C(F)(F)F. The van der Waals surface area contributed by atoms with Crippen LogP contribution in [0.1, 0.15) is 30.0 Å². The predicted octanol–water partition coefficient (Wildman–Crippen LogP) is 0.865. The fraction of sp³-hybridized carbons (Fsp3) is 0.526. The Balaban J connectivity index is 0.000000423. The highest BCUT2D eigenvalue weighted by atomic mass is 19.4. The molecule has 1 aromatic rings. The van der Waals surface area contributed by atoms with E-state index in [1.165, 1.54) is 17.0 Å². The van der Waals surface area contributed by atoms with E-state index in [0.29, 0.717) is 30.6 Å². The maximum Gasteiger partial charge on any atom is 0.490 e. The first-order valence-electron chi connectivity index (χ1n) is 9.40. The number of hydrogen-bond acceptors (Lipinski definition) is 5. The minimum absolute atomic E-state index is 0.117. The molecule has 2 aliphatic rings. The van der Waals surface area contributed by atoms with Gasteiger partial charge in [0.25, 0.3) is 0 Å². The van der Waals surface area contributed by atoms with Crippen LogP contribution in [0.3, 0.4) is 0 Å². The molecule has 8 nitrogen and oxygen atoms in total. The molecule has 1 heterocycles. The van der Waals surface area contributed by atoms with Crippen LogP contribution >= 0.6 is 0 Å². The van der Waals surface area contributed by atoms with E-state index in [4.69, 9.17) is 15.6 Å². The Morgan fingerprint density at radius 1 is 1.32 bits per heavy atom. The number of nitrogens with zero attached hydrogens (tertiary/aromatic N) is 1. The van der Waals surface area contributed by atoms with Crippen molar-refractivity contribution in [1.82, 2.24) is 10.2 Å². The summed E-state index contributed by atoms with van der Waals surface area (Å²) in [5, 5.41) is 19.6. The second-order valence-electron chi connectivity index (χ2n) is 7.42. The van der Waals surface area contributed by atoms with Gasteiger partial charge in [0.1, 0.15) is 11.9 Å². The van der Waals surface area contributed by atoms with Crippen LogP contribution in [0.15, 0.2) is 18.2 Å². The quantitative estimate of drug-likeness (QED) is 0.506. The summed E-state index contributed by atoms with van der Waals surface area (Å²) in [6.45, 7) is 2.47. The third kappa shape index (κ3) is 5.91. The average molecular weight is 449 g/mol. The highest BCUT2D eigenvalue weighted by Gasteiger charge is 2.42. The molecular weight excluding hydrogens is 426 g/mol. The molecule has 31 heavy (non-hydrogen) atoms. The van der Waals surface area contributed by atoms with Gasteiger partial charge in [-0.15, -0.1) is 0 Å². The zero-order chi connectivity index (χ0) is 23.5. The van der Waals surface area contributed by atoms with Crippen LogP contribution in [0.5, 0.6) is 0 Å². The largest absolute Gasteiger partial charge is 0.490 e. The monoisotopic (exact) mass is 449 g/mol. The summed E-state index contributed by atoms with van der Waals surface area (Å²) < 4.78 is 45.1. The van der Waals surface area contributed by atoms with Crippen LogP contribution in [0, 0.1) is 18.7 Å². The van der Waals surface area contributed by atoms with Crippen molar-refractivity contribution < 1.29 is 42.2 Å². The molecule has 1 aliphatic heterocycles. The number of aliphatic hydroxyl groups excluding tert-OH is 1. The molecule has 0 spiro atoms. The number of hydrogen-bond donors (Lipinski definition) is 4. The van der Waals surface area contributed by atoms with Crippen molar-refractivity contribution in [3.05, 3.63) is 35.1 Å². The topological polar surface area (TPSA) is 133 Å². The minimum atomic E-state index is -5.08. The second kappa shape index (κ2) is 9.60. The van der Waals surface area contributed by atoms with Crippen molar-refractivity contribution in [2.45, 2.75) is 44.1 Å².